The number of thiazole rings is 1. The Morgan fingerprint density at radius 2 is 2.32 bits per heavy atom. The smallest absolute Gasteiger partial charge is 0.349 e. The Morgan fingerprint density at radius 1 is 1.63 bits per heavy atom. The van der Waals surface area contributed by atoms with Crippen molar-refractivity contribution in [2.45, 2.75) is 11.7 Å². The van der Waals surface area contributed by atoms with Gasteiger partial charge in [-0.1, -0.05) is 11.3 Å². The van der Waals surface area contributed by atoms with Crippen molar-refractivity contribution in [2.75, 3.05) is 18.6 Å². The van der Waals surface area contributed by atoms with E-state index in [1.165, 1.54) is 18.2 Å². The van der Waals surface area contributed by atoms with E-state index in [2.05, 4.69) is 9.72 Å². The third-order valence-electron chi connectivity index (χ3n) is 2.67. The van der Waals surface area contributed by atoms with Crippen LogP contribution in [0.25, 0.3) is 0 Å². The zero-order valence-electron chi connectivity index (χ0n) is 9.90. The maximum Gasteiger partial charge on any atom is 0.349 e. The van der Waals surface area contributed by atoms with Crippen LogP contribution < -0.4 is 10.0 Å². The fourth-order valence-corrected chi connectivity index (χ4v) is 3.26. The molecule has 0 aliphatic carbocycles. The topological polar surface area (TPSA) is 120 Å². The first-order chi connectivity index (χ1) is 8.82. The Bertz CT molecular complexity index is 624. The number of amides is 1. The second-order valence-corrected chi connectivity index (χ2v) is 6.77. The fourth-order valence-electron chi connectivity index (χ4n) is 1.66. The molecule has 2 heterocycles. The molecular formula is C9H11N3O5S2. The van der Waals surface area contributed by atoms with E-state index in [9.17, 15) is 18.0 Å². The molecule has 8 nitrogen and oxygen atoms in total. The van der Waals surface area contributed by atoms with Crippen LogP contribution in [0.4, 0.5) is 5.13 Å². The summed E-state index contributed by atoms with van der Waals surface area (Å²) >= 11 is 0.963. The van der Waals surface area contributed by atoms with Gasteiger partial charge < -0.3 is 4.74 Å². The van der Waals surface area contributed by atoms with Crippen LogP contribution in [-0.2, 0) is 19.6 Å². The molecule has 2 N–H and O–H groups in total. The fraction of sp³-hybridized carbons (Fsp3) is 0.444. The molecule has 1 atom stereocenters. The van der Waals surface area contributed by atoms with Gasteiger partial charge in [0.25, 0.3) is 0 Å². The highest BCUT2D eigenvalue weighted by Crippen LogP contribution is 2.28. The highest BCUT2D eigenvalue weighted by Gasteiger charge is 2.38. The summed E-state index contributed by atoms with van der Waals surface area (Å²) in [4.78, 5) is 28.4. The molecule has 0 radical (unpaired) electrons. The van der Waals surface area contributed by atoms with Crippen LogP contribution in [-0.4, -0.2) is 44.2 Å². The van der Waals surface area contributed by atoms with Gasteiger partial charge in [0.15, 0.2) is 5.13 Å². The molecule has 0 spiro atoms. The van der Waals surface area contributed by atoms with Gasteiger partial charge in [0.05, 0.1) is 13.3 Å². The largest absolute Gasteiger partial charge is 0.465 e. The Kier molecular flexibility index (Phi) is 3.56. The van der Waals surface area contributed by atoms with Gasteiger partial charge >= 0.3 is 5.97 Å². The van der Waals surface area contributed by atoms with E-state index in [1.807, 2.05) is 0 Å². The predicted octanol–water partition coefficient (Wildman–Crippen LogP) is -0.676. The zero-order chi connectivity index (χ0) is 14.2. The van der Waals surface area contributed by atoms with Crippen LogP contribution in [0.5, 0.6) is 0 Å². The SMILES string of the molecule is COC(=O)c1cnc(N2CC(S(N)(=O)=O)CC2=O)s1. The standard InChI is InChI=1S/C9H11N3O5S2/c1-17-8(14)6-3-11-9(18-6)12-4-5(2-7(12)13)19(10,15)16/h3,5H,2,4H2,1H3,(H2,10,15,16). The van der Waals surface area contributed by atoms with E-state index in [0.717, 1.165) is 11.3 Å². The Morgan fingerprint density at radius 3 is 2.84 bits per heavy atom. The Labute approximate surface area is 113 Å². The van der Waals surface area contributed by atoms with E-state index in [0.29, 0.717) is 0 Å². The number of primary sulfonamides is 1. The number of rotatable bonds is 3. The highest BCUT2D eigenvalue weighted by atomic mass is 32.2. The van der Waals surface area contributed by atoms with Crippen molar-refractivity contribution in [3.05, 3.63) is 11.1 Å². The van der Waals surface area contributed by atoms with Crippen molar-refractivity contribution in [1.29, 1.82) is 0 Å². The number of hydrogen-bond acceptors (Lipinski definition) is 7. The number of aromatic nitrogens is 1. The molecule has 1 amide bonds. The summed E-state index contributed by atoms with van der Waals surface area (Å²) in [5.74, 6) is -0.941. The summed E-state index contributed by atoms with van der Waals surface area (Å²) in [6.07, 6.45) is 1.11. The van der Waals surface area contributed by atoms with Crippen molar-refractivity contribution >= 4 is 38.4 Å². The molecule has 104 valence electrons. The molecule has 1 unspecified atom stereocenters. The molecule has 1 aliphatic rings. The third-order valence-corrected chi connectivity index (χ3v) is 4.91. The van der Waals surface area contributed by atoms with Crippen LogP contribution in [0.15, 0.2) is 6.20 Å². The molecule has 1 saturated heterocycles. The summed E-state index contributed by atoms with van der Waals surface area (Å²) in [6.45, 7) is -0.0498. The highest BCUT2D eigenvalue weighted by molar-refractivity contribution is 7.89. The Balaban J connectivity index is 2.21. The van der Waals surface area contributed by atoms with Crippen molar-refractivity contribution in [2.24, 2.45) is 5.14 Å². The quantitative estimate of drug-likeness (QED) is 0.739. The molecule has 1 aromatic rings. The lowest BCUT2D eigenvalue weighted by Gasteiger charge is -2.11. The first kappa shape index (κ1) is 13.9. The number of anilines is 1. The van der Waals surface area contributed by atoms with Crippen LogP contribution in [0, 0.1) is 0 Å². The van der Waals surface area contributed by atoms with Crippen molar-refractivity contribution in [1.82, 2.24) is 4.98 Å². The zero-order valence-corrected chi connectivity index (χ0v) is 11.5. The summed E-state index contributed by atoms with van der Waals surface area (Å²) in [5, 5.41) is 4.34. The van der Waals surface area contributed by atoms with Gasteiger partial charge in [0.2, 0.25) is 15.9 Å². The van der Waals surface area contributed by atoms with Crippen molar-refractivity contribution in [3.63, 3.8) is 0 Å². The molecule has 1 aromatic heterocycles. The molecule has 1 fully saturated rings. The van der Waals surface area contributed by atoms with Gasteiger partial charge in [-0.05, 0) is 0 Å². The molecule has 1 aliphatic heterocycles. The molecular weight excluding hydrogens is 294 g/mol. The van der Waals surface area contributed by atoms with E-state index < -0.39 is 21.2 Å². The minimum absolute atomic E-state index is 0.0498. The molecule has 0 aromatic carbocycles. The van der Waals surface area contributed by atoms with Crippen LogP contribution >= 0.6 is 11.3 Å². The Hall–Kier alpha value is -1.52. The van der Waals surface area contributed by atoms with Crippen LogP contribution in [0.1, 0.15) is 16.1 Å². The average molecular weight is 305 g/mol. The monoisotopic (exact) mass is 305 g/mol. The lowest BCUT2D eigenvalue weighted by molar-refractivity contribution is -0.117. The number of esters is 1. The first-order valence-corrected chi connectivity index (χ1v) is 7.61. The number of sulfonamides is 1. The van der Waals surface area contributed by atoms with Gasteiger partial charge in [0.1, 0.15) is 10.1 Å². The number of nitrogens with zero attached hydrogens (tertiary/aromatic N) is 2. The number of ether oxygens (including phenoxy) is 1. The summed E-state index contributed by atoms with van der Waals surface area (Å²) < 4.78 is 27.0. The predicted molar refractivity (Wildman–Crippen MR) is 67.3 cm³/mol. The molecule has 0 saturated carbocycles. The van der Waals surface area contributed by atoms with E-state index in [4.69, 9.17) is 5.14 Å². The van der Waals surface area contributed by atoms with Crippen LogP contribution in [0.3, 0.4) is 0 Å². The van der Waals surface area contributed by atoms with Crippen LogP contribution in [0.2, 0.25) is 0 Å². The number of carbonyl (C=O) groups is 2. The van der Waals surface area contributed by atoms with Gasteiger partial charge in [-0.25, -0.2) is 23.3 Å². The number of nitrogens with two attached hydrogens (primary N) is 1. The molecule has 19 heavy (non-hydrogen) atoms. The minimum atomic E-state index is -3.77. The minimum Gasteiger partial charge on any atom is -0.465 e. The van der Waals surface area contributed by atoms with E-state index >= 15 is 0 Å². The maximum absolute atomic E-state index is 11.7. The number of carbonyl (C=O) groups excluding carboxylic acids is 2. The molecule has 10 heteroatoms. The van der Waals surface area contributed by atoms with Gasteiger partial charge in [-0.15, -0.1) is 0 Å². The normalized spacial score (nSPS) is 19.8. The number of methoxy groups -OCH3 is 1. The summed E-state index contributed by atoms with van der Waals surface area (Å²) in [7, 11) is -2.53. The lowest BCUT2D eigenvalue weighted by atomic mass is 10.4. The van der Waals surface area contributed by atoms with Gasteiger partial charge in [-0.2, -0.15) is 0 Å². The van der Waals surface area contributed by atoms with Crippen molar-refractivity contribution in [3.8, 4) is 0 Å². The second-order valence-electron chi connectivity index (χ2n) is 3.92. The molecule has 0 bridgehead atoms. The summed E-state index contributed by atoms with van der Waals surface area (Å²) in [5.41, 5.74) is 0. The first-order valence-electron chi connectivity index (χ1n) is 5.19. The van der Waals surface area contributed by atoms with Gasteiger partial charge in [0, 0.05) is 13.0 Å². The third kappa shape index (κ3) is 2.74. The van der Waals surface area contributed by atoms with Gasteiger partial charge in [-0.3, -0.25) is 9.69 Å². The molecule has 2 rings (SSSR count). The number of hydrogen-bond donors (Lipinski definition) is 1. The summed E-state index contributed by atoms with van der Waals surface area (Å²) in [6, 6.07) is 0. The van der Waals surface area contributed by atoms with Crippen molar-refractivity contribution < 1.29 is 22.7 Å². The lowest BCUT2D eigenvalue weighted by Crippen LogP contribution is -2.32. The van der Waals surface area contributed by atoms with E-state index in [1.54, 1.807) is 0 Å². The second kappa shape index (κ2) is 4.87. The van der Waals surface area contributed by atoms with E-state index in [-0.39, 0.29) is 28.9 Å². The average Bonchev–Trinajstić information content (AvgIpc) is 2.93. The maximum atomic E-state index is 11.7.